The average molecular weight is 257 g/mol. The molecular weight excluding hydrogens is 238 g/mol. The molecule has 0 spiro atoms. The van der Waals surface area contributed by atoms with Gasteiger partial charge in [0.15, 0.2) is 5.16 Å². The number of nitrogens with two attached hydrogens (primary N) is 1. The number of amidine groups is 1. The summed E-state index contributed by atoms with van der Waals surface area (Å²) in [4.78, 5) is 4.13. The van der Waals surface area contributed by atoms with Gasteiger partial charge in [0.05, 0.1) is 0 Å². The van der Waals surface area contributed by atoms with Crippen molar-refractivity contribution in [1.29, 1.82) is 0 Å². The molecule has 0 fully saturated rings. The predicted octanol–water partition coefficient (Wildman–Crippen LogP) is 1.46. The summed E-state index contributed by atoms with van der Waals surface area (Å²) in [7, 11) is 1.87. The van der Waals surface area contributed by atoms with Gasteiger partial charge in [-0.1, -0.05) is 30.8 Å². The molecule has 0 amide bonds. The van der Waals surface area contributed by atoms with Crippen molar-refractivity contribution in [3.8, 4) is 0 Å². The smallest absolute Gasteiger partial charge is 0.185 e. The van der Waals surface area contributed by atoms with E-state index in [0.717, 1.165) is 23.8 Å². The van der Waals surface area contributed by atoms with Gasteiger partial charge in [0, 0.05) is 18.2 Å². The lowest BCUT2D eigenvalue weighted by atomic mass is 9.87. The summed E-state index contributed by atoms with van der Waals surface area (Å²) in [6, 6.07) is 0. The maximum atomic E-state index is 8.65. The van der Waals surface area contributed by atoms with Crippen molar-refractivity contribution in [3.05, 3.63) is 6.33 Å². The van der Waals surface area contributed by atoms with Gasteiger partial charge in [-0.25, -0.2) is 9.67 Å². The number of aryl methyl sites for hydroxylation is 1. The molecule has 0 unspecified atom stereocenters. The molecule has 1 aromatic rings. The Morgan fingerprint density at radius 2 is 2.35 bits per heavy atom. The molecule has 96 valence electrons. The summed E-state index contributed by atoms with van der Waals surface area (Å²) >= 11 is 1.66. The molecule has 0 saturated heterocycles. The van der Waals surface area contributed by atoms with E-state index in [9.17, 15) is 0 Å². The van der Waals surface area contributed by atoms with Crippen LogP contribution in [0, 0.1) is 5.41 Å². The topological polar surface area (TPSA) is 89.3 Å². The Hall–Kier alpha value is -1.24. The molecule has 0 bridgehead atoms. The van der Waals surface area contributed by atoms with Crippen molar-refractivity contribution in [1.82, 2.24) is 14.8 Å². The number of rotatable bonds is 6. The third kappa shape index (κ3) is 3.92. The molecule has 0 aliphatic heterocycles. The summed E-state index contributed by atoms with van der Waals surface area (Å²) in [5, 5.41) is 16.6. The van der Waals surface area contributed by atoms with E-state index in [4.69, 9.17) is 10.9 Å². The van der Waals surface area contributed by atoms with Crippen LogP contribution in [0.5, 0.6) is 0 Å². The van der Waals surface area contributed by atoms with Crippen LogP contribution < -0.4 is 5.73 Å². The van der Waals surface area contributed by atoms with Crippen LogP contribution in [0.2, 0.25) is 0 Å². The predicted molar refractivity (Wildman–Crippen MR) is 68.2 cm³/mol. The highest BCUT2D eigenvalue weighted by Gasteiger charge is 2.22. The second kappa shape index (κ2) is 5.90. The van der Waals surface area contributed by atoms with E-state index in [1.165, 1.54) is 0 Å². The van der Waals surface area contributed by atoms with Gasteiger partial charge in [0.25, 0.3) is 0 Å². The van der Waals surface area contributed by atoms with E-state index >= 15 is 0 Å². The van der Waals surface area contributed by atoms with E-state index in [1.54, 1.807) is 22.8 Å². The zero-order valence-corrected chi connectivity index (χ0v) is 11.2. The monoisotopic (exact) mass is 257 g/mol. The van der Waals surface area contributed by atoms with E-state index < -0.39 is 0 Å². The average Bonchev–Trinajstić information content (AvgIpc) is 2.69. The van der Waals surface area contributed by atoms with Crippen molar-refractivity contribution in [2.75, 3.05) is 5.75 Å². The molecule has 0 atom stereocenters. The highest BCUT2D eigenvalue weighted by atomic mass is 32.2. The fourth-order valence-electron chi connectivity index (χ4n) is 1.36. The van der Waals surface area contributed by atoms with E-state index in [0.29, 0.717) is 0 Å². The third-order valence-corrected chi connectivity index (χ3v) is 3.77. The highest BCUT2D eigenvalue weighted by Crippen LogP contribution is 2.25. The fraction of sp³-hybridized carbons (Fsp3) is 0.700. The minimum absolute atomic E-state index is 0.269. The SMILES string of the molecule is Cn1ncnc1SCCCC(C)(C)C(N)=NO. The second-order valence-electron chi connectivity index (χ2n) is 4.49. The molecule has 0 aliphatic rings. The Morgan fingerprint density at radius 1 is 1.65 bits per heavy atom. The Bertz CT molecular complexity index is 388. The number of thioether (sulfide) groups is 1. The van der Waals surface area contributed by atoms with Crippen LogP contribution >= 0.6 is 11.8 Å². The largest absolute Gasteiger partial charge is 0.409 e. The number of oxime groups is 1. The number of hydrogen-bond donors (Lipinski definition) is 2. The Kier molecular flexibility index (Phi) is 4.80. The van der Waals surface area contributed by atoms with E-state index in [-0.39, 0.29) is 11.3 Å². The van der Waals surface area contributed by atoms with Gasteiger partial charge in [-0.15, -0.1) is 0 Å². The molecule has 1 heterocycles. The van der Waals surface area contributed by atoms with Gasteiger partial charge in [0.2, 0.25) is 0 Å². The lowest BCUT2D eigenvalue weighted by molar-refractivity contribution is 0.305. The first kappa shape index (κ1) is 13.8. The van der Waals surface area contributed by atoms with E-state index in [1.807, 2.05) is 20.9 Å². The van der Waals surface area contributed by atoms with Crippen LogP contribution in [0.15, 0.2) is 16.6 Å². The molecule has 6 nitrogen and oxygen atoms in total. The van der Waals surface area contributed by atoms with Gasteiger partial charge in [-0.05, 0) is 12.8 Å². The quantitative estimate of drug-likeness (QED) is 0.201. The zero-order valence-electron chi connectivity index (χ0n) is 10.4. The Morgan fingerprint density at radius 3 is 2.88 bits per heavy atom. The summed E-state index contributed by atoms with van der Waals surface area (Å²) in [6.07, 6.45) is 3.39. The molecule has 0 radical (unpaired) electrons. The van der Waals surface area contributed by atoms with Crippen LogP contribution in [0.4, 0.5) is 0 Å². The van der Waals surface area contributed by atoms with Crippen LogP contribution in [-0.2, 0) is 7.05 Å². The van der Waals surface area contributed by atoms with Gasteiger partial charge in [-0.3, -0.25) is 0 Å². The van der Waals surface area contributed by atoms with Crippen molar-refractivity contribution in [2.45, 2.75) is 31.8 Å². The summed E-state index contributed by atoms with van der Waals surface area (Å²) in [5.74, 6) is 1.22. The van der Waals surface area contributed by atoms with Crippen LogP contribution in [0.1, 0.15) is 26.7 Å². The summed E-state index contributed by atoms with van der Waals surface area (Å²) < 4.78 is 1.75. The van der Waals surface area contributed by atoms with Gasteiger partial charge >= 0.3 is 0 Å². The summed E-state index contributed by atoms with van der Waals surface area (Å²) in [5.41, 5.74) is 5.35. The molecular formula is C10H19N5OS. The Labute approximate surface area is 105 Å². The Balaban J connectivity index is 2.32. The zero-order chi connectivity index (χ0) is 12.9. The maximum absolute atomic E-state index is 8.65. The molecule has 0 saturated carbocycles. The molecule has 0 aliphatic carbocycles. The second-order valence-corrected chi connectivity index (χ2v) is 5.55. The minimum atomic E-state index is -0.269. The molecule has 7 heteroatoms. The number of aromatic nitrogens is 3. The maximum Gasteiger partial charge on any atom is 0.185 e. The molecule has 17 heavy (non-hydrogen) atoms. The fourth-order valence-corrected chi connectivity index (χ4v) is 2.18. The van der Waals surface area contributed by atoms with Crippen LogP contribution in [0.3, 0.4) is 0 Å². The number of nitrogens with zero attached hydrogens (tertiary/aromatic N) is 4. The van der Waals surface area contributed by atoms with Crippen molar-refractivity contribution in [3.63, 3.8) is 0 Å². The molecule has 1 rings (SSSR count). The van der Waals surface area contributed by atoms with E-state index in [2.05, 4.69) is 15.2 Å². The van der Waals surface area contributed by atoms with Crippen molar-refractivity contribution in [2.24, 2.45) is 23.4 Å². The first-order valence-corrected chi connectivity index (χ1v) is 6.41. The molecule has 3 N–H and O–H groups in total. The third-order valence-electron chi connectivity index (χ3n) is 2.65. The van der Waals surface area contributed by atoms with Gasteiger partial charge < -0.3 is 10.9 Å². The van der Waals surface area contributed by atoms with Crippen molar-refractivity contribution < 1.29 is 5.21 Å². The standard InChI is InChI=1S/C10H19N5OS/c1-10(2,8(11)14-16)5-4-6-17-9-12-7-13-15(9)3/h7,16H,4-6H2,1-3H3,(H2,11,14). The van der Waals surface area contributed by atoms with Crippen LogP contribution in [0.25, 0.3) is 0 Å². The van der Waals surface area contributed by atoms with Crippen molar-refractivity contribution >= 4 is 17.6 Å². The minimum Gasteiger partial charge on any atom is -0.409 e. The number of hydrogen-bond acceptors (Lipinski definition) is 5. The lowest BCUT2D eigenvalue weighted by Crippen LogP contribution is -2.31. The lowest BCUT2D eigenvalue weighted by Gasteiger charge is -2.22. The van der Waals surface area contributed by atoms with Crippen LogP contribution in [-0.4, -0.2) is 31.6 Å². The first-order chi connectivity index (χ1) is 7.97. The summed E-state index contributed by atoms with van der Waals surface area (Å²) in [6.45, 7) is 3.93. The molecule has 1 aromatic heterocycles. The first-order valence-electron chi connectivity index (χ1n) is 5.42. The highest BCUT2D eigenvalue weighted by molar-refractivity contribution is 7.99. The van der Waals surface area contributed by atoms with Gasteiger partial charge in [-0.2, -0.15) is 5.10 Å². The van der Waals surface area contributed by atoms with Gasteiger partial charge in [0.1, 0.15) is 12.2 Å². The normalized spacial score (nSPS) is 13.0. The molecule has 0 aromatic carbocycles.